The summed E-state index contributed by atoms with van der Waals surface area (Å²) in [7, 11) is 0. The zero-order valence-corrected chi connectivity index (χ0v) is 25.0. The summed E-state index contributed by atoms with van der Waals surface area (Å²) in [5.41, 5.74) is -1.01. The van der Waals surface area contributed by atoms with Crippen LogP contribution in [-0.4, -0.2) is 64.1 Å². The Kier molecular flexibility index (Phi) is 10.8. The number of halogens is 5. The van der Waals surface area contributed by atoms with E-state index in [-0.39, 0.29) is 12.0 Å². The van der Waals surface area contributed by atoms with E-state index in [0.29, 0.717) is 5.56 Å². The van der Waals surface area contributed by atoms with Crippen molar-refractivity contribution in [2.75, 3.05) is 0 Å². The van der Waals surface area contributed by atoms with Crippen molar-refractivity contribution in [2.45, 2.75) is 57.0 Å². The molecule has 1 aliphatic heterocycles. The highest BCUT2D eigenvalue weighted by Crippen LogP contribution is 2.26. The van der Waals surface area contributed by atoms with Crippen molar-refractivity contribution in [1.82, 2.24) is 21.3 Å². The van der Waals surface area contributed by atoms with E-state index in [1.54, 1.807) is 30.3 Å². The number of phenolic OH excluding ortho intramolecular Hbond substituents is 1. The Balaban J connectivity index is 1.77. The second-order valence-corrected chi connectivity index (χ2v) is 11.2. The third-order valence-electron chi connectivity index (χ3n) is 7.89. The number of hydrogen-bond acceptors (Lipinski definition) is 6. The van der Waals surface area contributed by atoms with Crippen LogP contribution >= 0.6 is 0 Å². The average molecular weight is 663 g/mol. The molecule has 0 bridgehead atoms. The van der Waals surface area contributed by atoms with Crippen molar-refractivity contribution < 1.29 is 51.3 Å². The molecule has 6 atom stereocenters. The highest BCUT2D eigenvalue weighted by molar-refractivity contribution is 6.00. The normalized spacial score (nSPS) is 23.9. The molecule has 1 saturated heterocycles. The summed E-state index contributed by atoms with van der Waals surface area (Å²) in [6, 6.07) is 7.67. The number of rotatable bonds is 6. The summed E-state index contributed by atoms with van der Waals surface area (Å²) in [6.07, 6.45) is -3.24. The summed E-state index contributed by atoms with van der Waals surface area (Å²) in [5.74, 6) is -17.2. The predicted molar refractivity (Wildman–Crippen MR) is 156 cm³/mol. The molecule has 0 spiro atoms. The molecule has 0 aliphatic carbocycles. The Hall–Kier alpha value is -5.05. The average Bonchev–Trinajstić information content (AvgIpc) is 3.05. The number of aromatic hydroxyl groups is 1. The van der Waals surface area contributed by atoms with Crippen LogP contribution in [0, 0.1) is 35.0 Å². The van der Waals surface area contributed by atoms with Crippen molar-refractivity contribution in [1.29, 1.82) is 0 Å². The van der Waals surface area contributed by atoms with Gasteiger partial charge >= 0.3 is 0 Å². The standard InChI is InChI=1S/C32H31F5N4O6/c1-14-28(43)19(13-18-22(33)24(35)26(37)25(36)23(18)34)39-32(47)27(41-30(45)17-10-6-7-11-21(17)42)15(2)38-31(46)20(40-29(14)44)12-16-8-4-3-5-9-16/h3-11,14-15,19-20,27-28,42-43H,12-13H2,1-2H3,(H,38,46)(H,39,47)(H,40,44)(H,41,45)/t14-,15-,19+,20?,27+,28+/m1/s1. The van der Waals surface area contributed by atoms with Gasteiger partial charge < -0.3 is 31.5 Å². The van der Waals surface area contributed by atoms with E-state index in [1.807, 2.05) is 0 Å². The molecule has 0 aromatic heterocycles. The quantitative estimate of drug-likeness (QED) is 0.135. The van der Waals surface area contributed by atoms with Crippen LogP contribution in [0.3, 0.4) is 0 Å². The number of amides is 4. The Morgan fingerprint density at radius 2 is 1.32 bits per heavy atom. The minimum Gasteiger partial charge on any atom is -0.507 e. The molecule has 10 nitrogen and oxygen atoms in total. The van der Waals surface area contributed by atoms with E-state index in [4.69, 9.17) is 0 Å². The van der Waals surface area contributed by atoms with E-state index in [9.17, 15) is 51.3 Å². The van der Waals surface area contributed by atoms with Crippen molar-refractivity contribution in [2.24, 2.45) is 5.92 Å². The number of carbonyl (C=O) groups excluding carboxylic acids is 4. The topological polar surface area (TPSA) is 157 Å². The SMILES string of the molecule is C[C@H]1NC(=O)C(Cc2ccccc2)NC(=O)[C@H](C)[C@H](O)[C@H](Cc2c(F)c(F)c(F)c(F)c2F)NC(=O)[C@H]1NC(=O)c1ccccc1O. The number of phenols is 1. The first kappa shape index (κ1) is 34.8. The van der Waals surface area contributed by atoms with Crippen molar-refractivity contribution >= 4 is 23.6 Å². The molecular formula is C32H31F5N4O6. The third kappa shape index (κ3) is 7.68. The lowest BCUT2D eigenvalue weighted by Gasteiger charge is -2.34. The second kappa shape index (κ2) is 14.6. The molecule has 0 radical (unpaired) electrons. The molecule has 15 heteroatoms. The fourth-order valence-corrected chi connectivity index (χ4v) is 5.16. The molecule has 250 valence electrons. The lowest BCUT2D eigenvalue weighted by atomic mass is 9.90. The minimum absolute atomic E-state index is 0.0525. The molecule has 47 heavy (non-hydrogen) atoms. The molecular weight excluding hydrogens is 631 g/mol. The fourth-order valence-electron chi connectivity index (χ4n) is 5.16. The van der Waals surface area contributed by atoms with Gasteiger partial charge in [0.15, 0.2) is 23.3 Å². The smallest absolute Gasteiger partial charge is 0.255 e. The number of benzene rings is 3. The van der Waals surface area contributed by atoms with Gasteiger partial charge in [0.25, 0.3) is 5.91 Å². The van der Waals surface area contributed by atoms with Crippen LogP contribution in [0.2, 0.25) is 0 Å². The number of hydrogen-bond donors (Lipinski definition) is 6. The molecule has 1 aliphatic rings. The van der Waals surface area contributed by atoms with Crippen molar-refractivity contribution in [3.63, 3.8) is 0 Å². The Morgan fingerprint density at radius 3 is 1.94 bits per heavy atom. The summed E-state index contributed by atoms with van der Waals surface area (Å²) < 4.78 is 71.3. The Morgan fingerprint density at radius 1 is 0.745 bits per heavy atom. The third-order valence-corrected chi connectivity index (χ3v) is 7.89. The van der Waals surface area contributed by atoms with Crippen LogP contribution in [0.4, 0.5) is 22.0 Å². The van der Waals surface area contributed by atoms with Crippen LogP contribution < -0.4 is 21.3 Å². The van der Waals surface area contributed by atoms with Crippen LogP contribution in [0.15, 0.2) is 54.6 Å². The highest BCUT2D eigenvalue weighted by atomic mass is 19.2. The lowest BCUT2D eigenvalue weighted by molar-refractivity contribution is -0.136. The van der Waals surface area contributed by atoms with Crippen LogP contribution in [0.25, 0.3) is 0 Å². The molecule has 1 fully saturated rings. The number of aliphatic hydroxyl groups excluding tert-OH is 1. The maximum Gasteiger partial charge on any atom is 0.255 e. The largest absolute Gasteiger partial charge is 0.507 e. The van der Waals surface area contributed by atoms with Gasteiger partial charge in [0.1, 0.15) is 17.8 Å². The molecule has 1 heterocycles. The first-order valence-corrected chi connectivity index (χ1v) is 14.4. The van der Waals surface area contributed by atoms with Gasteiger partial charge in [-0.25, -0.2) is 22.0 Å². The monoisotopic (exact) mass is 662 g/mol. The highest BCUT2D eigenvalue weighted by Gasteiger charge is 2.39. The van der Waals surface area contributed by atoms with E-state index in [2.05, 4.69) is 21.3 Å². The predicted octanol–water partition coefficient (Wildman–Crippen LogP) is 2.16. The summed E-state index contributed by atoms with van der Waals surface area (Å²) >= 11 is 0. The van der Waals surface area contributed by atoms with Gasteiger partial charge in [0.2, 0.25) is 23.5 Å². The van der Waals surface area contributed by atoms with Gasteiger partial charge in [-0.2, -0.15) is 0 Å². The Bertz CT molecular complexity index is 1650. The fraction of sp³-hybridized carbons (Fsp3) is 0.312. The molecule has 4 amide bonds. The number of carbonyl (C=O) groups is 4. The van der Waals surface area contributed by atoms with Gasteiger partial charge in [0.05, 0.1) is 29.7 Å². The van der Waals surface area contributed by atoms with Gasteiger partial charge in [-0.15, -0.1) is 0 Å². The summed E-state index contributed by atoms with van der Waals surface area (Å²) in [5, 5.41) is 31.1. The van der Waals surface area contributed by atoms with E-state index in [1.165, 1.54) is 38.1 Å². The zero-order valence-electron chi connectivity index (χ0n) is 25.0. The van der Waals surface area contributed by atoms with Crippen molar-refractivity contribution in [3.8, 4) is 5.75 Å². The molecule has 3 aromatic rings. The molecule has 1 unspecified atom stereocenters. The lowest BCUT2D eigenvalue weighted by Crippen LogP contribution is -2.64. The first-order valence-electron chi connectivity index (χ1n) is 14.4. The van der Waals surface area contributed by atoms with E-state index < -0.39 is 107 Å². The number of nitrogens with one attached hydrogen (secondary N) is 4. The molecule has 6 N–H and O–H groups in total. The van der Waals surface area contributed by atoms with E-state index in [0.717, 1.165) is 0 Å². The molecule has 3 aromatic carbocycles. The maximum absolute atomic E-state index is 14.7. The Labute approximate surface area is 265 Å². The van der Waals surface area contributed by atoms with Gasteiger partial charge in [-0.1, -0.05) is 49.4 Å². The molecule has 4 rings (SSSR count). The maximum atomic E-state index is 14.7. The van der Waals surface area contributed by atoms with Crippen molar-refractivity contribution in [3.05, 3.63) is 100 Å². The molecule has 0 saturated carbocycles. The zero-order chi connectivity index (χ0) is 34.6. The summed E-state index contributed by atoms with van der Waals surface area (Å²) in [4.78, 5) is 53.6. The van der Waals surface area contributed by atoms with Gasteiger partial charge in [0, 0.05) is 18.4 Å². The number of para-hydroxylation sites is 1. The van der Waals surface area contributed by atoms with Crippen LogP contribution in [0.5, 0.6) is 5.75 Å². The second-order valence-electron chi connectivity index (χ2n) is 11.2. The van der Waals surface area contributed by atoms with Crippen LogP contribution in [-0.2, 0) is 27.2 Å². The van der Waals surface area contributed by atoms with Gasteiger partial charge in [-0.3, -0.25) is 19.2 Å². The first-order chi connectivity index (χ1) is 22.2. The number of aliphatic hydroxyl groups is 1. The minimum atomic E-state index is -2.42. The van der Waals surface area contributed by atoms with Gasteiger partial charge in [-0.05, 0) is 24.6 Å². The summed E-state index contributed by atoms with van der Waals surface area (Å²) in [6.45, 7) is 2.49. The van der Waals surface area contributed by atoms with E-state index >= 15 is 0 Å². The van der Waals surface area contributed by atoms with Crippen LogP contribution in [0.1, 0.15) is 35.3 Å².